The lowest BCUT2D eigenvalue weighted by molar-refractivity contribution is 1.08. The second kappa shape index (κ2) is 4.90. The molecular formula is C12H10ClN5. The average Bonchev–Trinajstić information content (AvgIpc) is 2.41. The standard InChI is InChI=1S/C12H10ClN5/c1-18(9-4-2-8(6-14)3-5-9)11-10(15)7-16-12(13)17-11/h2-5,7H,15H2,1H3. The molecule has 5 nitrogen and oxygen atoms in total. The maximum absolute atomic E-state index is 8.74. The molecule has 0 aliphatic rings. The van der Waals surface area contributed by atoms with Crippen LogP contribution in [0, 0.1) is 11.3 Å². The van der Waals surface area contributed by atoms with E-state index in [0.717, 1.165) is 5.69 Å². The Morgan fingerprint density at radius 3 is 2.61 bits per heavy atom. The van der Waals surface area contributed by atoms with E-state index in [2.05, 4.69) is 16.0 Å². The molecule has 0 radical (unpaired) electrons. The molecule has 0 spiro atoms. The molecule has 0 bridgehead atoms. The fraction of sp³-hybridized carbons (Fsp3) is 0.0833. The molecule has 0 atom stereocenters. The molecule has 0 aliphatic carbocycles. The first kappa shape index (κ1) is 12.1. The average molecular weight is 260 g/mol. The van der Waals surface area contributed by atoms with Gasteiger partial charge in [-0.3, -0.25) is 0 Å². The number of rotatable bonds is 2. The van der Waals surface area contributed by atoms with E-state index in [-0.39, 0.29) is 5.28 Å². The first-order valence-corrected chi connectivity index (χ1v) is 5.51. The highest BCUT2D eigenvalue weighted by molar-refractivity contribution is 6.28. The van der Waals surface area contributed by atoms with Gasteiger partial charge in [-0.05, 0) is 35.9 Å². The Morgan fingerprint density at radius 2 is 2.00 bits per heavy atom. The highest BCUT2D eigenvalue weighted by Crippen LogP contribution is 2.27. The summed E-state index contributed by atoms with van der Waals surface area (Å²) in [5, 5.41) is 8.88. The predicted molar refractivity (Wildman–Crippen MR) is 70.7 cm³/mol. The predicted octanol–water partition coefficient (Wildman–Crippen LogP) is 2.35. The molecule has 2 aromatic rings. The number of hydrogen-bond acceptors (Lipinski definition) is 5. The summed E-state index contributed by atoms with van der Waals surface area (Å²) in [5.41, 5.74) is 7.70. The Balaban J connectivity index is 2.38. The zero-order chi connectivity index (χ0) is 13.1. The van der Waals surface area contributed by atoms with Gasteiger partial charge in [0, 0.05) is 12.7 Å². The van der Waals surface area contributed by atoms with Crippen LogP contribution in [0.5, 0.6) is 0 Å². The van der Waals surface area contributed by atoms with Crippen molar-refractivity contribution in [1.29, 1.82) is 5.26 Å². The molecule has 2 rings (SSSR count). The van der Waals surface area contributed by atoms with Crippen molar-refractivity contribution in [3.63, 3.8) is 0 Å². The first-order chi connectivity index (χ1) is 8.61. The van der Waals surface area contributed by atoms with E-state index in [0.29, 0.717) is 17.1 Å². The maximum atomic E-state index is 8.74. The van der Waals surface area contributed by atoms with Crippen molar-refractivity contribution in [2.75, 3.05) is 17.7 Å². The molecular weight excluding hydrogens is 250 g/mol. The van der Waals surface area contributed by atoms with E-state index in [4.69, 9.17) is 22.6 Å². The van der Waals surface area contributed by atoms with Gasteiger partial charge in [0.15, 0.2) is 5.82 Å². The van der Waals surface area contributed by atoms with Crippen molar-refractivity contribution in [1.82, 2.24) is 9.97 Å². The lowest BCUT2D eigenvalue weighted by Crippen LogP contribution is -2.13. The summed E-state index contributed by atoms with van der Waals surface area (Å²) in [4.78, 5) is 9.67. The minimum absolute atomic E-state index is 0.139. The Bertz CT molecular complexity index is 603. The van der Waals surface area contributed by atoms with Crippen molar-refractivity contribution in [2.24, 2.45) is 0 Å². The third-order valence-corrected chi connectivity index (χ3v) is 2.65. The van der Waals surface area contributed by atoms with E-state index < -0.39 is 0 Å². The van der Waals surface area contributed by atoms with E-state index >= 15 is 0 Å². The SMILES string of the molecule is CN(c1ccc(C#N)cc1)c1nc(Cl)ncc1N. The molecule has 1 heterocycles. The summed E-state index contributed by atoms with van der Waals surface area (Å²) in [6.45, 7) is 0. The minimum Gasteiger partial charge on any atom is -0.394 e. The lowest BCUT2D eigenvalue weighted by Gasteiger charge is -2.19. The third-order valence-electron chi connectivity index (χ3n) is 2.47. The maximum Gasteiger partial charge on any atom is 0.224 e. The lowest BCUT2D eigenvalue weighted by atomic mass is 10.2. The first-order valence-electron chi connectivity index (χ1n) is 5.13. The second-order valence-corrected chi connectivity index (χ2v) is 3.97. The van der Waals surface area contributed by atoms with Crippen LogP contribution in [0.25, 0.3) is 0 Å². The number of anilines is 3. The van der Waals surface area contributed by atoms with Gasteiger partial charge >= 0.3 is 0 Å². The molecule has 90 valence electrons. The zero-order valence-corrected chi connectivity index (χ0v) is 10.4. The van der Waals surface area contributed by atoms with Gasteiger partial charge in [-0.25, -0.2) is 4.98 Å². The molecule has 0 unspecified atom stereocenters. The van der Waals surface area contributed by atoms with Crippen LogP contribution in [0.2, 0.25) is 5.28 Å². The van der Waals surface area contributed by atoms with Gasteiger partial charge in [-0.15, -0.1) is 0 Å². The Hall–Kier alpha value is -2.32. The largest absolute Gasteiger partial charge is 0.394 e. The summed E-state index contributed by atoms with van der Waals surface area (Å²) in [7, 11) is 1.82. The van der Waals surface area contributed by atoms with Crippen molar-refractivity contribution in [2.45, 2.75) is 0 Å². The molecule has 0 saturated heterocycles. The molecule has 1 aromatic heterocycles. The van der Waals surface area contributed by atoms with E-state index in [1.165, 1.54) is 6.20 Å². The van der Waals surface area contributed by atoms with Crippen molar-refractivity contribution < 1.29 is 0 Å². The Kier molecular flexibility index (Phi) is 3.31. The number of aromatic nitrogens is 2. The molecule has 0 aliphatic heterocycles. The van der Waals surface area contributed by atoms with Gasteiger partial charge in [-0.2, -0.15) is 10.2 Å². The van der Waals surface area contributed by atoms with Crippen LogP contribution in [0.3, 0.4) is 0 Å². The van der Waals surface area contributed by atoms with Gasteiger partial charge in [0.05, 0.1) is 23.5 Å². The number of benzene rings is 1. The van der Waals surface area contributed by atoms with Gasteiger partial charge in [0.25, 0.3) is 0 Å². The van der Waals surface area contributed by atoms with E-state index in [9.17, 15) is 0 Å². The zero-order valence-electron chi connectivity index (χ0n) is 9.63. The highest BCUT2D eigenvalue weighted by Gasteiger charge is 2.10. The smallest absolute Gasteiger partial charge is 0.224 e. The van der Waals surface area contributed by atoms with Crippen LogP contribution in [-0.2, 0) is 0 Å². The molecule has 6 heteroatoms. The molecule has 0 fully saturated rings. The minimum atomic E-state index is 0.139. The summed E-state index contributed by atoms with van der Waals surface area (Å²) in [6, 6.07) is 9.14. The summed E-state index contributed by atoms with van der Waals surface area (Å²) in [6.07, 6.45) is 1.46. The fourth-order valence-electron chi connectivity index (χ4n) is 1.51. The number of halogens is 1. The van der Waals surface area contributed by atoms with Crippen LogP contribution < -0.4 is 10.6 Å². The van der Waals surface area contributed by atoms with Crippen LogP contribution in [-0.4, -0.2) is 17.0 Å². The molecule has 0 saturated carbocycles. The molecule has 0 amide bonds. The van der Waals surface area contributed by atoms with E-state index in [1.807, 2.05) is 19.2 Å². The summed E-state index contributed by atoms with van der Waals surface area (Å²) >= 11 is 5.75. The third kappa shape index (κ3) is 2.34. The molecule has 18 heavy (non-hydrogen) atoms. The summed E-state index contributed by atoms with van der Waals surface area (Å²) in [5.74, 6) is 0.528. The van der Waals surface area contributed by atoms with Crippen molar-refractivity contribution in [3.8, 4) is 6.07 Å². The van der Waals surface area contributed by atoms with Crippen LogP contribution in [0.1, 0.15) is 5.56 Å². The van der Waals surface area contributed by atoms with Gasteiger partial charge < -0.3 is 10.6 Å². The number of hydrogen-bond donors (Lipinski definition) is 1. The van der Waals surface area contributed by atoms with Crippen LogP contribution in [0.4, 0.5) is 17.2 Å². The fourth-order valence-corrected chi connectivity index (χ4v) is 1.64. The second-order valence-electron chi connectivity index (χ2n) is 3.64. The normalized spacial score (nSPS) is 9.83. The number of nitrogens with zero attached hydrogens (tertiary/aromatic N) is 4. The highest BCUT2D eigenvalue weighted by atomic mass is 35.5. The van der Waals surface area contributed by atoms with Crippen LogP contribution in [0.15, 0.2) is 30.5 Å². The number of nitriles is 1. The van der Waals surface area contributed by atoms with Crippen molar-refractivity contribution >= 4 is 28.8 Å². The number of nitrogens with two attached hydrogens (primary N) is 1. The molecule has 1 aromatic carbocycles. The van der Waals surface area contributed by atoms with Crippen LogP contribution >= 0.6 is 11.6 Å². The quantitative estimate of drug-likeness (QED) is 0.838. The van der Waals surface area contributed by atoms with E-state index in [1.54, 1.807) is 17.0 Å². The topological polar surface area (TPSA) is 78.8 Å². The van der Waals surface area contributed by atoms with Gasteiger partial charge in [0.1, 0.15) is 0 Å². The van der Waals surface area contributed by atoms with Crippen molar-refractivity contribution in [3.05, 3.63) is 41.3 Å². The Labute approximate surface area is 109 Å². The number of nitrogen functional groups attached to an aromatic ring is 1. The van der Waals surface area contributed by atoms with Gasteiger partial charge in [-0.1, -0.05) is 0 Å². The Morgan fingerprint density at radius 1 is 1.33 bits per heavy atom. The monoisotopic (exact) mass is 259 g/mol. The summed E-state index contributed by atoms with van der Waals surface area (Å²) < 4.78 is 0. The van der Waals surface area contributed by atoms with Gasteiger partial charge in [0.2, 0.25) is 5.28 Å². The molecule has 2 N–H and O–H groups in total.